The van der Waals surface area contributed by atoms with Gasteiger partial charge < -0.3 is 5.32 Å². The molecular weight excluding hydrogens is 258 g/mol. The molecule has 0 unspecified atom stereocenters. The minimum absolute atomic E-state index is 0.248. The molecule has 3 aromatic heterocycles. The fraction of sp³-hybridized carbons (Fsp3) is 0.0833. The second kappa shape index (κ2) is 4.92. The number of rotatable bonds is 3. The summed E-state index contributed by atoms with van der Waals surface area (Å²) in [5.74, 6) is 0.339. The van der Waals surface area contributed by atoms with Crippen LogP contribution in [0.15, 0.2) is 43.0 Å². The molecule has 0 bridgehead atoms. The Balaban J connectivity index is 1.76. The molecule has 0 aliphatic rings. The van der Waals surface area contributed by atoms with Gasteiger partial charge in [-0.2, -0.15) is 5.10 Å². The number of carbonyl (C=O) groups excluding carboxylic acids is 1. The molecule has 0 fully saturated rings. The number of amides is 1. The van der Waals surface area contributed by atoms with Gasteiger partial charge in [0.2, 0.25) is 0 Å². The molecule has 0 aromatic carbocycles. The molecule has 0 radical (unpaired) electrons. The van der Waals surface area contributed by atoms with E-state index < -0.39 is 0 Å². The Bertz CT molecular complexity index is 731. The molecule has 3 aromatic rings. The van der Waals surface area contributed by atoms with Crippen molar-refractivity contribution < 1.29 is 4.79 Å². The van der Waals surface area contributed by atoms with E-state index in [9.17, 15) is 4.79 Å². The number of hydrogen-bond donors (Lipinski definition) is 1. The average molecular weight is 269 g/mol. The molecule has 3 heterocycles. The molecule has 100 valence electrons. The number of carbonyl (C=O) groups is 1. The number of aryl methyl sites for hydroxylation is 1. The molecule has 0 atom stereocenters. The van der Waals surface area contributed by atoms with Crippen LogP contribution in [-0.4, -0.2) is 35.7 Å². The van der Waals surface area contributed by atoms with E-state index in [0.29, 0.717) is 11.5 Å². The van der Waals surface area contributed by atoms with Gasteiger partial charge in [-0.05, 0) is 12.1 Å². The third kappa shape index (κ3) is 2.39. The van der Waals surface area contributed by atoms with Gasteiger partial charge >= 0.3 is 0 Å². The van der Waals surface area contributed by atoms with Crippen LogP contribution in [0.1, 0.15) is 10.5 Å². The van der Waals surface area contributed by atoms with Crippen molar-refractivity contribution >= 4 is 11.6 Å². The van der Waals surface area contributed by atoms with Crippen LogP contribution >= 0.6 is 0 Å². The molecular formula is C12H11N7O. The van der Waals surface area contributed by atoms with E-state index >= 15 is 0 Å². The Hall–Kier alpha value is -3.03. The van der Waals surface area contributed by atoms with Crippen LogP contribution in [0.3, 0.4) is 0 Å². The molecule has 0 saturated heterocycles. The largest absolute Gasteiger partial charge is 0.318 e. The van der Waals surface area contributed by atoms with Crippen LogP contribution in [0.2, 0.25) is 0 Å². The Morgan fingerprint density at radius 1 is 1.30 bits per heavy atom. The average Bonchev–Trinajstić information content (AvgIpc) is 3.09. The molecule has 20 heavy (non-hydrogen) atoms. The number of anilines is 1. The van der Waals surface area contributed by atoms with Gasteiger partial charge in [-0.15, -0.1) is 5.10 Å². The Morgan fingerprint density at radius 3 is 2.90 bits per heavy atom. The fourth-order valence-corrected chi connectivity index (χ4v) is 1.65. The van der Waals surface area contributed by atoms with Crippen LogP contribution in [0.4, 0.5) is 5.69 Å². The van der Waals surface area contributed by atoms with E-state index in [1.807, 2.05) is 18.2 Å². The predicted octanol–water partition coefficient (Wildman–Crippen LogP) is 0.648. The molecule has 3 rings (SSSR count). The topological polar surface area (TPSA) is 90.5 Å². The highest BCUT2D eigenvalue weighted by atomic mass is 16.2. The maximum absolute atomic E-state index is 11.9. The van der Waals surface area contributed by atoms with Crippen molar-refractivity contribution in [3.8, 4) is 5.82 Å². The highest BCUT2D eigenvalue weighted by Crippen LogP contribution is 2.10. The normalized spacial score (nSPS) is 10.4. The summed E-state index contributed by atoms with van der Waals surface area (Å²) in [7, 11) is 1.70. The third-order valence-corrected chi connectivity index (χ3v) is 2.56. The van der Waals surface area contributed by atoms with Crippen LogP contribution < -0.4 is 5.32 Å². The number of aromatic nitrogens is 6. The van der Waals surface area contributed by atoms with E-state index in [2.05, 4.69) is 25.7 Å². The van der Waals surface area contributed by atoms with Crippen LogP contribution in [0, 0.1) is 0 Å². The van der Waals surface area contributed by atoms with Crippen molar-refractivity contribution in [2.45, 2.75) is 0 Å². The summed E-state index contributed by atoms with van der Waals surface area (Å²) >= 11 is 0. The summed E-state index contributed by atoms with van der Waals surface area (Å²) in [6.45, 7) is 0. The molecule has 0 saturated carbocycles. The van der Waals surface area contributed by atoms with Crippen LogP contribution in [-0.2, 0) is 7.05 Å². The van der Waals surface area contributed by atoms with Gasteiger partial charge in [0, 0.05) is 13.2 Å². The van der Waals surface area contributed by atoms with E-state index in [0.717, 1.165) is 0 Å². The maximum Gasteiger partial charge on any atom is 0.277 e. The van der Waals surface area contributed by atoms with E-state index in [1.165, 1.54) is 4.68 Å². The van der Waals surface area contributed by atoms with E-state index in [1.54, 1.807) is 36.5 Å². The lowest BCUT2D eigenvalue weighted by Gasteiger charge is -1.99. The first-order chi connectivity index (χ1) is 9.72. The monoisotopic (exact) mass is 269 g/mol. The van der Waals surface area contributed by atoms with Crippen molar-refractivity contribution in [1.82, 2.24) is 29.8 Å². The summed E-state index contributed by atoms with van der Waals surface area (Å²) < 4.78 is 3.04. The fourth-order valence-electron chi connectivity index (χ4n) is 1.65. The number of nitrogens with one attached hydrogen (secondary N) is 1. The van der Waals surface area contributed by atoms with Crippen molar-refractivity contribution in [3.63, 3.8) is 0 Å². The van der Waals surface area contributed by atoms with Crippen molar-refractivity contribution in [2.24, 2.45) is 7.05 Å². The maximum atomic E-state index is 11.9. The van der Waals surface area contributed by atoms with Gasteiger partial charge in [0.1, 0.15) is 0 Å². The lowest BCUT2D eigenvalue weighted by atomic mass is 10.4. The molecule has 8 heteroatoms. The number of pyridine rings is 1. The summed E-state index contributed by atoms with van der Waals surface area (Å²) in [6.07, 6.45) is 6.44. The lowest BCUT2D eigenvalue weighted by molar-refractivity contribution is 0.102. The van der Waals surface area contributed by atoms with Gasteiger partial charge in [-0.1, -0.05) is 11.3 Å². The first kappa shape index (κ1) is 12.0. The third-order valence-electron chi connectivity index (χ3n) is 2.56. The predicted molar refractivity (Wildman–Crippen MR) is 70.3 cm³/mol. The van der Waals surface area contributed by atoms with Crippen LogP contribution in [0.5, 0.6) is 0 Å². The Kier molecular flexibility index (Phi) is 2.96. The van der Waals surface area contributed by atoms with Gasteiger partial charge in [0.15, 0.2) is 11.5 Å². The summed E-state index contributed by atoms with van der Waals surface area (Å²) in [4.78, 5) is 16.1. The van der Waals surface area contributed by atoms with Gasteiger partial charge in [0.05, 0.1) is 24.3 Å². The Morgan fingerprint density at radius 2 is 2.20 bits per heavy atom. The smallest absolute Gasteiger partial charge is 0.277 e. The summed E-state index contributed by atoms with van der Waals surface area (Å²) in [6, 6.07) is 5.51. The lowest BCUT2D eigenvalue weighted by Crippen LogP contribution is -2.11. The molecule has 1 amide bonds. The van der Waals surface area contributed by atoms with Gasteiger partial charge in [0.25, 0.3) is 5.91 Å². The minimum Gasteiger partial charge on any atom is -0.318 e. The standard InChI is InChI=1S/C12H11N7O/c1-18-8-10(16-17-18)12(20)15-9-6-14-19(7-9)11-4-2-3-5-13-11/h2-8H,1H3,(H,15,20). The summed E-state index contributed by atoms with van der Waals surface area (Å²) in [5.41, 5.74) is 0.810. The quantitative estimate of drug-likeness (QED) is 0.753. The highest BCUT2D eigenvalue weighted by Gasteiger charge is 2.11. The second-order valence-electron chi connectivity index (χ2n) is 4.09. The van der Waals surface area contributed by atoms with Crippen molar-refractivity contribution in [1.29, 1.82) is 0 Å². The SMILES string of the molecule is Cn1cc(C(=O)Nc2cnn(-c3ccccn3)c2)nn1. The van der Waals surface area contributed by atoms with Crippen molar-refractivity contribution in [3.05, 3.63) is 48.7 Å². The van der Waals surface area contributed by atoms with Crippen LogP contribution in [0.25, 0.3) is 5.82 Å². The highest BCUT2D eigenvalue weighted by molar-refractivity contribution is 6.02. The zero-order valence-corrected chi connectivity index (χ0v) is 10.6. The van der Waals surface area contributed by atoms with Gasteiger partial charge in [-0.25, -0.2) is 9.67 Å². The van der Waals surface area contributed by atoms with Crippen molar-refractivity contribution in [2.75, 3.05) is 5.32 Å². The summed E-state index contributed by atoms with van der Waals surface area (Å²) in [5, 5.41) is 14.3. The first-order valence-corrected chi connectivity index (χ1v) is 5.86. The molecule has 0 aliphatic carbocycles. The zero-order valence-electron chi connectivity index (χ0n) is 10.6. The zero-order chi connectivity index (χ0) is 13.9. The molecule has 0 aliphatic heterocycles. The van der Waals surface area contributed by atoms with E-state index in [-0.39, 0.29) is 11.6 Å². The molecule has 8 nitrogen and oxygen atoms in total. The first-order valence-electron chi connectivity index (χ1n) is 5.86. The van der Waals surface area contributed by atoms with E-state index in [4.69, 9.17) is 0 Å². The number of nitrogens with zero attached hydrogens (tertiary/aromatic N) is 6. The number of hydrogen-bond acceptors (Lipinski definition) is 5. The minimum atomic E-state index is -0.335. The van der Waals surface area contributed by atoms with Gasteiger partial charge in [-0.3, -0.25) is 9.48 Å². The molecule has 0 spiro atoms. The molecule has 1 N–H and O–H groups in total. The second-order valence-corrected chi connectivity index (χ2v) is 4.09. The Labute approximate surface area is 114 Å².